The number of rotatable bonds is 13. The molecule has 1 unspecified atom stereocenters. The molecule has 10 nitrogen and oxygen atoms in total. The molecule has 3 aromatic rings. The standard InChI is InChI=1S/C34H46N6O4/c1-4-13-37(14-5-2)15-9-19-44-34-35-30-23-38(31-21-27(42)20-25-10-7-8-11-28(25)31)16-12-29(30)33(36-34)40-18-17-39(32(43)6-3)22-26(40)24-41/h6-8,10-11,20-21,26,41-42H,3-5,9,12-19,22-24H2,1-2H3. The quantitative estimate of drug-likeness (QED) is 0.222. The van der Waals surface area contributed by atoms with Crippen molar-refractivity contribution in [2.24, 2.45) is 0 Å². The zero-order chi connectivity index (χ0) is 31.1. The molecule has 2 N–H and O–H groups in total. The summed E-state index contributed by atoms with van der Waals surface area (Å²) in [4.78, 5) is 30.8. The number of nitrogens with zero attached hydrogens (tertiary/aromatic N) is 6. The van der Waals surface area contributed by atoms with Crippen LogP contribution in [0.25, 0.3) is 10.8 Å². The smallest absolute Gasteiger partial charge is 0.318 e. The van der Waals surface area contributed by atoms with E-state index in [4.69, 9.17) is 14.7 Å². The summed E-state index contributed by atoms with van der Waals surface area (Å²) in [6, 6.07) is 11.7. The fraction of sp³-hybridized carbons (Fsp3) is 0.500. The number of carbonyl (C=O) groups is 1. The first-order chi connectivity index (χ1) is 21.4. The molecule has 2 aliphatic rings. The van der Waals surface area contributed by atoms with Crippen molar-refractivity contribution in [3.63, 3.8) is 0 Å². The monoisotopic (exact) mass is 602 g/mol. The largest absolute Gasteiger partial charge is 0.508 e. The number of hydrogen-bond donors (Lipinski definition) is 2. The lowest BCUT2D eigenvalue weighted by Crippen LogP contribution is -2.56. The van der Waals surface area contributed by atoms with E-state index in [1.54, 1.807) is 11.0 Å². The van der Waals surface area contributed by atoms with Crippen LogP contribution in [0.4, 0.5) is 11.5 Å². The van der Waals surface area contributed by atoms with E-state index in [2.05, 4.69) is 41.2 Å². The highest BCUT2D eigenvalue weighted by molar-refractivity contribution is 5.95. The van der Waals surface area contributed by atoms with Gasteiger partial charge in [-0.05, 0) is 56.3 Å². The van der Waals surface area contributed by atoms with Crippen molar-refractivity contribution < 1.29 is 19.7 Å². The number of fused-ring (bicyclic) bond motifs is 2. The molecule has 3 heterocycles. The van der Waals surface area contributed by atoms with Gasteiger partial charge in [0.05, 0.1) is 31.5 Å². The van der Waals surface area contributed by atoms with Crippen molar-refractivity contribution in [3.05, 3.63) is 60.3 Å². The van der Waals surface area contributed by atoms with Gasteiger partial charge in [-0.15, -0.1) is 0 Å². The normalized spacial score (nSPS) is 16.8. The van der Waals surface area contributed by atoms with Gasteiger partial charge in [-0.3, -0.25) is 4.79 Å². The third-order valence-corrected chi connectivity index (χ3v) is 8.57. The number of benzene rings is 2. The van der Waals surface area contributed by atoms with Crippen molar-refractivity contribution in [2.45, 2.75) is 52.1 Å². The molecular weight excluding hydrogens is 556 g/mol. The Morgan fingerprint density at radius 1 is 1.11 bits per heavy atom. The molecule has 44 heavy (non-hydrogen) atoms. The Hall–Kier alpha value is -3.89. The van der Waals surface area contributed by atoms with Crippen molar-refractivity contribution >= 4 is 28.2 Å². The minimum atomic E-state index is -0.302. The van der Waals surface area contributed by atoms with Crippen LogP contribution in [-0.4, -0.2) is 101 Å². The third kappa shape index (κ3) is 7.08. The van der Waals surface area contributed by atoms with Gasteiger partial charge in [0.2, 0.25) is 5.91 Å². The molecule has 236 valence electrons. The van der Waals surface area contributed by atoms with E-state index in [1.807, 2.05) is 24.3 Å². The minimum Gasteiger partial charge on any atom is -0.508 e. The highest BCUT2D eigenvalue weighted by Crippen LogP contribution is 2.37. The van der Waals surface area contributed by atoms with Crippen LogP contribution in [0, 0.1) is 0 Å². The average Bonchev–Trinajstić information content (AvgIpc) is 3.05. The summed E-state index contributed by atoms with van der Waals surface area (Å²) in [7, 11) is 0. The lowest BCUT2D eigenvalue weighted by atomic mass is 10.0. The number of carbonyl (C=O) groups excluding carboxylic acids is 1. The lowest BCUT2D eigenvalue weighted by molar-refractivity contribution is -0.126. The number of amides is 1. The number of phenolic OH excluding ortho intramolecular Hbond substituents is 1. The summed E-state index contributed by atoms with van der Waals surface area (Å²) >= 11 is 0. The fourth-order valence-corrected chi connectivity index (χ4v) is 6.47. The van der Waals surface area contributed by atoms with Crippen LogP contribution in [0.2, 0.25) is 0 Å². The molecule has 0 bridgehead atoms. The SMILES string of the molecule is C=CC(=O)N1CCN(c2nc(OCCCN(CCC)CCC)nc3c2CCN(c2cc(O)cc4ccccc24)C3)C(CO)C1. The first-order valence-corrected chi connectivity index (χ1v) is 16.0. The van der Waals surface area contributed by atoms with Crippen LogP contribution in [0.3, 0.4) is 0 Å². The Bertz CT molecular complexity index is 1440. The molecule has 2 aromatic carbocycles. The summed E-state index contributed by atoms with van der Waals surface area (Å²) in [5.74, 6) is 0.870. The van der Waals surface area contributed by atoms with Gasteiger partial charge < -0.3 is 34.5 Å². The van der Waals surface area contributed by atoms with Crippen molar-refractivity contribution in [3.8, 4) is 11.8 Å². The number of phenols is 1. The van der Waals surface area contributed by atoms with Crippen molar-refractivity contribution in [2.75, 3.05) is 68.8 Å². The van der Waals surface area contributed by atoms with Gasteiger partial charge in [0.15, 0.2) is 0 Å². The molecule has 5 rings (SSSR count). The molecule has 0 spiro atoms. The molecule has 1 atom stereocenters. The number of anilines is 2. The lowest BCUT2D eigenvalue weighted by Gasteiger charge is -2.42. The van der Waals surface area contributed by atoms with Gasteiger partial charge in [0, 0.05) is 55.4 Å². The van der Waals surface area contributed by atoms with Gasteiger partial charge in [-0.25, -0.2) is 0 Å². The number of aliphatic hydroxyl groups excluding tert-OH is 1. The predicted octanol–water partition coefficient (Wildman–Crippen LogP) is 3.98. The Kier molecular flexibility index (Phi) is 10.6. The second kappa shape index (κ2) is 14.7. The molecule has 0 aliphatic carbocycles. The maximum Gasteiger partial charge on any atom is 0.318 e. The summed E-state index contributed by atoms with van der Waals surface area (Å²) in [5, 5.41) is 23.0. The van der Waals surface area contributed by atoms with Crippen LogP contribution in [0.15, 0.2) is 49.1 Å². The highest BCUT2D eigenvalue weighted by atomic mass is 16.5. The van der Waals surface area contributed by atoms with Gasteiger partial charge in [-0.2, -0.15) is 9.97 Å². The number of aliphatic hydroxyl groups is 1. The second-order valence-electron chi connectivity index (χ2n) is 11.7. The van der Waals surface area contributed by atoms with Gasteiger partial charge in [0.25, 0.3) is 0 Å². The summed E-state index contributed by atoms with van der Waals surface area (Å²) in [6.07, 6.45) is 5.15. The van der Waals surface area contributed by atoms with Crippen LogP contribution < -0.4 is 14.5 Å². The molecule has 2 aliphatic heterocycles. The van der Waals surface area contributed by atoms with E-state index in [1.165, 1.54) is 6.08 Å². The molecule has 1 aromatic heterocycles. The van der Waals surface area contributed by atoms with Crippen LogP contribution >= 0.6 is 0 Å². The Balaban J connectivity index is 1.43. The van der Waals surface area contributed by atoms with E-state index >= 15 is 0 Å². The summed E-state index contributed by atoms with van der Waals surface area (Å²) < 4.78 is 6.21. The Labute approximate surface area is 260 Å². The molecular formula is C34H46N6O4. The maximum absolute atomic E-state index is 12.4. The molecule has 0 radical (unpaired) electrons. The zero-order valence-electron chi connectivity index (χ0n) is 26.1. The van der Waals surface area contributed by atoms with Gasteiger partial charge in [-0.1, -0.05) is 44.7 Å². The first kappa shape index (κ1) is 31.5. The van der Waals surface area contributed by atoms with Gasteiger partial charge in [0.1, 0.15) is 11.6 Å². The number of piperazine rings is 1. The van der Waals surface area contributed by atoms with Gasteiger partial charge >= 0.3 is 6.01 Å². The number of aromatic nitrogens is 2. The van der Waals surface area contributed by atoms with Crippen LogP contribution in [0.1, 0.15) is 44.4 Å². The molecule has 1 amide bonds. The fourth-order valence-electron chi connectivity index (χ4n) is 6.47. The summed E-state index contributed by atoms with van der Waals surface area (Å²) in [5.41, 5.74) is 2.88. The van der Waals surface area contributed by atoms with E-state index in [9.17, 15) is 15.0 Å². The number of aromatic hydroxyl groups is 1. The van der Waals surface area contributed by atoms with E-state index in [0.717, 1.165) is 79.0 Å². The Morgan fingerprint density at radius 3 is 2.66 bits per heavy atom. The van der Waals surface area contributed by atoms with E-state index in [0.29, 0.717) is 45.2 Å². The van der Waals surface area contributed by atoms with Crippen molar-refractivity contribution in [1.82, 2.24) is 19.8 Å². The zero-order valence-corrected chi connectivity index (χ0v) is 26.1. The van der Waals surface area contributed by atoms with Crippen LogP contribution in [0.5, 0.6) is 11.8 Å². The van der Waals surface area contributed by atoms with E-state index in [-0.39, 0.29) is 24.3 Å². The minimum absolute atomic E-state index is 0.109. The topological polar surface area (TPSA) is 106 Å². The molecule has 0 saturated carbocycles. The highest BCUT2D eigenvalue weighted by Gasteiger charge is 2.33. The van der Waals surface area contributed by atoms with E-state index < -0.39 is 0 Å². The second-order valence-corrected chi connectivity index (χ2v) is 11.7. The molecule has 1 fully saturated rings. The maximum atomic E-state index is 12.4. The van der Waals surface area contributed by atoms with Crippen LogP contribution in [-0.2, 0) is 17.8 Å². The Morgan fingerprint density at radius 2 is 1.91 bits per heavy atom. The summed E-state index contributed by atoms with van der Waals surface area (Å²) in [6.45, 7) is 14.3. The molecule has 1 saturated heterocycles. The van der Waals surface area contributed by atoms with Crippen molar-refractivity contribution in [1.29, 1.82) is 0 Å². The number of hydrogen-bond acceptors (Lipinski definition) is 9. The third-order valence-electron chi connectivity index (χ3n) is 8.57. The predicted molar refractivity (Wildman–Crippen MR) is 175 cm³/mol. The number of ether oxygens (including phenoxy) is 1. The average molecular weight is 603 g/mol. The molecule has 10 heteroatoms. The first-order valence-electron chi connectivity index (χ1n) is 16.0.